The molecule has 0 aromatic rings. The van der Waals surface area contributed by atoms with Crippen molar-refractivity contribution in [1.29, 1.82) is 0 Å². The minimum absolute atomic E-state index is 0.0226. The predicted octanol–water partition coefficient (Wildman–Crippen LogP) is 22.4. The summed E-state index contributed by atoms with van der Waals surface area (Å²) in [4.78, 5) is 35.9. The number of carbonyl (C=O) groups is 2. The lowest BCUT2D eigenvalue weighted by molar-refractivity contribution is -0.870. The predicted molar refractivity (Wildman–Crippen MR) is 371 cm³/mol. The fourth-order valence-electron chi connectivity index (χ4n) is 8.88. The number of unbranched alkanes of at least 4 members (excludes halogenated alkanes) is 21. The van der Waals surface area contributed by atoms with Gasteiger partial charge in [0.05, 0.1) is 27.7 Å². The summed E-state index contributed by atoms with van der Waals surface area (Å²) in [5, 5.41) is 0. The van der Waals surface area contributed by atoms with Gasteiger partial charge in [-0.15, -0.1) is 0 Å². The lowest BCUT2D eigenvalue weighted by Crippen LogP contribution is -2.37. The van der Waals surface area contributed by atoms with E-state index in [0.717, 1.165) is 141 Å². The SMILES string of the molecule is CC/C=C\C/C=C\C/C=C\C/C=C\C/C=C\C/C=C\C/C=C\CCCCCCCCCCCCCC(=O)OC(COC(=O)CCCCCCCCCCCC/C=C\C/C=C\C/C=C\C/C=C\C/C=C\C/C=C\CC)COP(=O)(O)OCC[N+](C)(C)C. The molecule has 488 valence electrons. The fourth-order valence-corrected chi connectivity index (χ4v) is 9.62. The van der Waals surface area contributed by atoms with E-state index >= 15 is 0 Å². The number of ether oxygens (including phenoxy) is 2. The number of allylic oxidation sites excluding steroid dienone is 26. The molecule has 0 radical (unpaired) electrons. The molecule has 0 rings (SSSR count). The second kappa shape index (κ2) is 65.1. The Morgan fingerprint density at radius 3 is 0.930 bits per heavy atom. The summed E-state index contributed by atoms with van der Waals surface area (Å²) < 4.78 is 34.7. The van der Waals surface area contributed by atoms with Gasteiger partial charge in [-0.05, 0) is 122 Å². The van der Waals surface area contributed by atoms with Gasteiger partial charge in [0.15, 0.2) is 6.10 Å². The summed E-state index contributed by atoms with van der Waals surface area (Å²) >= 11 is 0. The van der Waals surface area contributed by atoms with Crippen LogP contribution in [0, 0.1) is 0 Å². The summed E-state index contributed by atoms with van der Waals surface area (Å²) in [5.41, 5.74) is 0. The van der Waals surface area contributed by atoms with Crippen molar-refractivity contribution in [3.05, 3.63) is 158 Å². The highest BCUT2D eigenvalue weighted by molar-refractivity contribution is 7.47. The average molecular weight is 1210 g/mol. The lowest BCUT2D eigenvalue weighted by atomic mass is 10.0. The van der Waals surface area contributed by atoms with Crippen LogP contribution in [0.4, 0.5) is 0 Å². The van der Waals surface area contributed by atoms with E-state index in [-0.39, 0.29) is 32.0 Å². The van der Waals surface area contributed by atoms with Crippen molar-refractivity contribution in [2.45, 2.75) is 264 Å². The Balaban J connectivity index is 4.14. The van der Waals surface area contributed by atoms with Crippen LogP contribution in [0.1, 0.15) is 258 Å². The van der Waals surface area contributed by atoms with Gasteiger partial charge in [0.2, 0.25) is 0 Å². The van der Waals surface area contributed by atoms with Crippen LogP contribution in [0.25, 0.3) is 0 Å². The standard InChI is InChI=1S/C76H126NO8P/c1-6-8-10-12-14-16-18-20-22-24-26-28-30-32-34-36-37-38-39-41-43-45-47-49-51-53-55-57-59-61-63-65-67-69-76(79)85-74(73-84-86(80,81)83-71-70-77(3,4)5)72-82-75(78)68-66-64-62-60-58-56-54-52-50-48-46-44-42-40-35-33-31-29-27-25-23-21-19-17-15-13-11-9-7-2/h8-11,14-17,20-23,26-29,32-35,37-38,41-44,74H,6-7,12-13,18-19,24-25,30-31,36,39-40,45-73H2,1-5H3/p+1/b10-8-,11-9-,16-14-,17-15-,22-20-,23-21-,28-26-,29-27-,34-32-,35-33-,38-37-,43-41-,44-42-. The van der Waals surface area contributed by atoms with Gasteiger partial charge in [-0.1, -0.05) is 281 Å². The summed E-state index contributed by atoms with van der Waals surface area (Å²) in [5.74, 6) is -0.812. The number of esters is 2. The molecule has 0 heterocycles. The molecule has 0 aromatic carbocycles. The second-order valence-corrected chi connectivity index (χ2v) is 24.9. The zero-order chi connectivity index (χ0) is 62.6. The number of nitrogens with zero attached hydrogens (tertiary/aromatic N) is 1. The van der Waals surface area contributed by atoms with E-state index in [1.54, 1.807) is 0 Å². The number of hydrogen-bond donors (Lipinski definition) is 1. The minimum Gasteiger partial charge on any atom is -0.462 e. The van der Waals surface area contributed by atoms with Crippen molar-refractivity contribution in [2.24, 2.45) is 0 Å². The van der Waals surface area contributed by atoms with Crippen molar-refractivity contribution in [3.8, 4) is 0 Å². The van der Waals surface area contributed by atoms with Gasteiger partial charge in [-0.3, -0.25) is 18.6 Å². The zero-order valence-electron chi connectivity index (χ0n) is 55.5. The van der Waals surface area contributed by atoms with Crippen LogP contribution in [0.5, 0.6) is 0 Å². The van der Waals surface area contributed by atoms with E-state index in [1.165, 1.54) is 83.5 Å². The van der Waals surface area contributed by atoms with Gasteiger partial charge in [-0.25, -0.2) is 4.57 Å². The van der Waals surface area contributed by atoms with Crippen molar-refractivity contribution in [3.63, 3.8) is 0 Å². The molecule has 2 unspecified atom stereocenters. The third kappa shape index (κ3) is 68.7. The van der Waals surface area contributed by atoms with Crippen LogP contribution < -0.4 is 0 Å². The third-order valence-electron chi connectivity index (χ3n) is 14.1. The van der Waals surface area contributed by atoms with Crippen molar-refractivity contribution >= 4 is 19.8 Å². The molecule has 0 saturated carbocycles. The second-order valence-electron chi connectivity index (χ2n) is 23.4. The quantitative estimate of drug-likeness (QED) is 0.0211. The highest BCUT2D eigenvalue weighted by atomic mass is 31.2. The molecule has 0 spiro atoms. The number of phosphoric acid groups is 1. The van der Waals surface area contributed by atoms with Crippen LogP contribution >= 0.6 is 7.82 Å². The Morgan fingerprint density at radius 2 is 0.628 bits per heavy atom. The number of rotatable bonds is 61. The van der Waals surface area contributed by atoms with E-state index in [9.17, 15) is 19.0 Å². The van der Waals surface area contributed by atoms with Gasteiger partial charge < -0.3 is 18.9 Å². The van der Waals surface area contributed by atoms with E-state index < -0.39 is 26.5 Å². The normalized spacial score (nSPS) is 14.2. The molecule has 9 nitrogen and oxygen atoms in total. The molecule has 0 bridgehead atoms. The van der Waals surface area contributed by atoms with Gasteiger partial charge in [0.25, 0.3) is 0 Å². The number of likely N-dealkylation sites (N-methyl/N-ethyl adjacent to an activating group) is 1. The Bertz CT molecular complexity index is 2010. The maximum Gasteiger partial charge on any atom is 0.472 e. The topological polar surface area (TPSA) is 108 Å². The summed E-state index contributed by atoms with van der Waals surface area (Å²) in [7, 11) is 1.46. The van der Waals surface area contributed by atoms with Crippen LogP contribution in [0.3, 0.4) is 0 Å². The van der Waals surface area contributed by atoms with Gasteiger partial charge in [0.1, 0.15) is 19.8 Å². The third-order valence-corrected chi connectivity index (χ3v) is 15.0. The molecular formula is C76H127NO8P+. The zero-order valence-corrected chi connectivity index (χ0v) is 56.4. The highest BCUT2D eigenvalue weighted by Crippen LogP contribution is 2.43. The largest absolute Gasteiger partial charge is 0.472 e. The first-order valence-corrected chi connectivity index (χ1v) is 35.7. The molecule has 1 N–H and O–H groups in total. The number of carbonyl (C=O) groups excluding carboxylic acids is 2. The maximum atomic E-state index is 12.9. The molecule has 0 aliphatic rings. The molecule has 10 heteroatoms. The molecule has 0 saturated heterocycles. The Hall–Kier alpha value is -4.37. The highest BCUT2D eigenvalue weighted by Gasteiger charge is 2.27. The van der Waals surface area contributed by atoms with E-state index in [0.29, 0.717) is 17.4 Å². The molecule has 0 aliphatic heterocycles. The minimum atomic E-state index is -4.40. The molecule has 86 heavy (non-hydrogen) atoms. The van der Waals surface area contributed by atoms with Crippen LogP contribution in [0.2, 0.25) is 0 Å². The molecule has 0 fully saturated rings. The molecule has 2 atom stereocenters. The maximum absolute atomic E-state index is 12.9. The summed E-state index contributed by atoms with van der Waals surface area (Å²) in [6.07, 6.45) is 97.6. The molecular weight excluding hydrogens is 1090 g/mol. The number of quaternary nitrogens is 1. The smallest absolute Gasteiger partial charge is 0.462 e. The molecule has 0 amide bonds. The fraction of sp³-hybridized carbons (Fsp3) is 0.632. The van der Waals surface area contributed by atoms with Crippen molar-refractivity contribution in [1.82, 2.24) is 0 Å². The van der Waals surface area contributed by atoms with E-state index in [4.69, 9.17) is 18.5 Å². The van der Waals surface area contributed by atoms with Crippen LogP contribution in [0.15, 0.2) is 158 Å². The first kappa shape index (κ1) is 81.6. The first-order chi connectivity index (χ1) is 42.0. The number of phosphoric ester groups is 1. The van der Waals surface area contributed by atoms with Crippen LogP contribution in [-0.4, -0.2) is 74.9 Å². The monoisotopic (exact) mass is 1210 g/mol. The van der Waals surface area contributed by atoms with Gasteiger partial charge in [0, 0.05) is 12.8 Å². The summed E-state index contributed by atoms with van der Waals surface area (Å²) in [6.45, 7) is 4.19. The average Bonchev–Trinajstić information content (AvgIpc) is 3.70. The lowest BCUT2D eigenvalue weighted by Gasteiger charge is -2.24. The van der Waals surface area contributed by atoms with Crippen molar-refractivity contribution < 1.29 is 42.1 Å². The Labute approximate surface area is 528 Å². The Kier molecular flexibility index (Phi) is 61.8. The number of hydrogen-bond acceptors (Lipinski definition) is 7. The van der Waals surface area contributed by atoms with E-state index in [1.807, 2.05) is 21.1 Å². The summed E-state index contributed by atoms with van der Waals surface area (Å²) in [6, 6.07) is 0. The van der Waals surface area contributed by atoms with Gasteiger partial charge in [-0.2, -0.15) is 0 Å². The van der Waals surface area contributed by atoms with Crippen LogP contribution in [-0.2, 0) is 32.7 Å². The first-order valence-electron chi connectivity index (χ1n) is 34.2. The molecule has 0 aliphatic carbocycles. The Morgan fingerprint density at radius 1 is 0.360 bits per heavy atom. The van der Waals surface area contributed by atoms with Gasteiger partial charge >= 0.3 is 19.8 Å². The van der Waals surface area contributed by atoms with Crippen molar-refractivity contribution in [2.75, 3.05) is 47.5 Å². The molecule has 0 aromatic heterocycles. The van der Waals surface area contributed by atoms with E-state index in [2.05, 4.69) is 172 Å².